The number of carbonyl (C=O) groups excluding carboxylic acids is 1. The molecule has 16 heavy (non-hydrogen) atoms. The van der Waals surface area contributed by atoms with E-state index in [0.717, 1.165) is 39.0 Å². The van der Waals surface area contributed by atoms with Gasteiger partial charge in [0.2, 0.25) is 0 Å². The van der Waals surface area contributed by atoms with Gasteiger partial charge in [-0.15, -0.1) is 0 Å². The van der Waals surface area contributed by atoms with Crippen molar-refractivity contribution in [1.29, 1.82) is 0 Å². The zero-order valence-corrected chi connectivity index (χ0v) is 9.95. The maximum Gasteiger partial charge on any atom is 0.320 e. The highest BCUT2D eigenvalue weighted by atomic mass is 16.5. The lowest BCUT2D eigenvalue weighted by Gasteiger charge is -2.36. The summed E-state index contributed by atoms with van der Waals surface area (Å²) in [6, 6.07) is 0.562. The first-order valence-electron chi connectivity index (χ1n) is 6.09. The average molecular weight is 227 g/mol. The van der Waals surface area contributed by atoms with Crippen molar-refractivity contribution in [2.24, 2.45) is 0 Å². The molecule has 2 heterocycles. The van der Waals surface area contributed by atoms with Gasteiger partial charge < -0.3 is 19.9 Å². The Morgan fingerprint density at radius 1 is 1.31 bits per heavy atom. The number of rotatable bonds is 1. The van der Waals surface area contributed by atoms with Crippen molar-refractivity contribution in [2.75, 3.05) is 46.4 Å². The Balaban J connectivity index is 1.86. The maximum absolute atomic E-state index is 12.2. The minimum atomic E-state index is 0.162. The molecule has 92 valence electrons. The van der Waals surface area contributed by atoms with Gasteiger partial charge in [-0.3, -0.25) is 0 Å². The maximum atomic E-state index is 12.2. The SMILES string of the molecule is CN(C(=O)N1CCOCC1)C1CCNCC1. The molecule has 5 heteroatoms. The molecule has 0 spiro atoms. The largest absolute Gasteiger partial charge is 0.378 e. The van der Waals surface area contributed by atoms with Gasteiger partial charge in [-0.2, -0.15) is 0 Å². The summed E-state index contributed by atoms with van der Waals surface area (Å²) in [5.74, 6) is 0. The summed E-state index contributed by atoms with van der Waals surface area (Å²) in [7, 11) is 1.92. The number of amides is 2. The fraction of sp³-hybridized carbons (Fsp3) is 0.909. The summed E-state index contributed by atoms with van der Waals surface area (Å²) in [5.41, 5.74) is 0. The van der Waals surface area contributed by atoms with Gasteiger partial charge in [0.25, 0.3) is 0 Å². The van der Waals surface area contributed by atoms with Crippen LogP contribution in [0.15, 0.2) is 0 Å². The number of hydrogen-bond acceptors (Lipinski definition) is 3. The summed E-state index contributed by atoms with van der Waals surface area (Å²) >= 11 is 0. The van der Waals surface area contributed by atoms with E-state index in [1.807, 2.05) is 16.8 Å². The van der Waals surface area contributed by atoms with Crippen LogP contribution in [0.25, 0.3) is 0 Å². The molecule has 0 radical (unpaired) electrons. The van der Waals surface area contributed by atoms with E-state index >= 15 is 0 Å². The Morgan fingerprint density at radius 3 is 2.56 bits per heavy atom. The molecule has 2 amide bonds. The van der Waals surface area contributed by atoms with E-state index in [0.29, 0.717) is 19.3 Å². The predicted octanol–water partition coefficient (Wildman–Crippen LogP) is 0.122. The highest BCUT2D eigenvalue weighted by molar-refractivity contribution is 5.74. The lowest BCUT2D eigenvalue weighted by Crippen LogP contribution is -2.52. The van der Waals surface area contributed by atoms with E-state index in [4.69, 9.17) is 4.74 Å². The number of morpholine rings is 1. The molecule has 0 aliphatic carbocycles. The summed E-state index contributed by atoms with van der Waals surface area (Å²) in [5, 5.41) is 3.32. The van der Waals surface area contributed by atoms with Crippen molar-refractivity contribution in [3.05, 3.63) is 0 Å². The average Bonchev–Trinajstić information content (AvgIpc) is 2.39. The highest BCUT2D eigenvalue weighted by Crippen LogP contribution is 2.12. The Kier molecular flexibility index (Phi) is 4.01. The molecule has 0 bridgehead atoms. The zero-order chi connectivity index (χ0) is 11.4. The number of nitrogens with zero attached hydrogens (tertiary/aromatic N) is 2. The number of carbonyl (C=O) groups is 1. The molecule has 0 unspecified atom stereocenters. The van der Waals surface area contributed by atoms with Gasteiger partial charge in [0, 0.05) is 26.2 Å². The van der Waals surface area contributed by atoms with Crippen molar-refractivity contribution < 1.29 is 9.53 Å². The number of ether oxygens (including phenoxy) is 1. The minimum absolute atomic E-state index is 0.162. The summed E-state index contributed by atoms with van der Waals surface area (Å²) < 4.78 is 5.25. The first-order chi connectivity index (χ1) is 7.79. The lowest BCUT2D eigenvalue weighted by atomic mass is 10.1. The van der Waals surface area contributed by atoms with Crippen molar-refractivity contribution in [3.63, 3.8) is 0 Å². The summed E-state index contributed by atoms with van der Waals surface area (Å²) in [6.45, 7) is 4.84. The molecule has 0 aromatic rings. The van der Waals surface area contributed by atoms with Gasteiger partial charge in [-0.05, 0) is 25.9 Å². The first-order valence-corrected chi connectivity index (χ1v) is 6.09. The van der Waals surface area contributed by atoms with Gasteiger partial charge in [0.15, 0.2) is 0 Å². The summed E-state index contributed by atoms with van der Waals surface area (Å²) in [4.78, 5) is 16.0. The van der Waals surface area contributed by atoms with Crippen LogP contribution in [-0.4, -0.2) is 68.3 Å². The number of urea groups is 1. The quantitative estimate of drug-likeness (QED) is 0.692. The lowest BCUT2D eigenvalue weighted by molar-refractivity contribution is 0.0406. The molecule has 1 N–H and O–H groups in total. The fourth-order valence-corrected chi connectivity index (χ4v) is 2.33. The van der Waals surface area contributed by atoms with Crippen LogP contribution >= 0.6 is 0 Å². The second-order valence-corrected chi connectivity index (χ2v) is 4.47. The van der Waals surface area contributed by atoms with Crippen LogP contribution in [-0.2, 0) is 4.74 Å². The van der Waals surface area contributed by atoms with Gasteiger partial charge in [-0.1, -0.05) is 0 Å². The molecular weight excluding hydrogens is 206 g/mol. The fourth-order valence-electron chi connectivity index (χ4n) is 2.33. The Labute approximate surface area is 96.7 Å². The van der Waals surface area contributed by atoms with E-state index in [1.165, 1.54) is 0 Å². The number of piperidine rings is 1. The second kappa shape index (κ2) is 5.50. The molecule has 2 rings (SSSR count). The van der Waals surface area contributed by atoms with Crippen LogP contribution in [0.3, 0.4) is 0 Å². The van der Waals surface area contributed by atoms with E-state index in [1.54, 1.807) is 0 Å². The van der Waals surface area contributed by atoms with Gasteiger partial charge in [-0.25, -0.2) is 4.79 Å². The van der Waals surface area contributed by atoms with Gasteiger partial charge >= 0.3 is 6.03 Å². The molecule has 2 saturated heterocycles. The molecule has 2 aliphatic rings. The Bertz CT molecular complexity index is 235. The van der Waals surface area contributed by atoms with Gasteiger partial charge in [0.1, 0.15) is 0 Å². The third kappa shape index (κ3) is 2.65. The molecular formula is C11H21N3O2. The third-order valence-corrected chi connectivity index (χ3v) is 3.44. The van der Waals surface area contributed by atoms with Crippen LogP contribution in [0, 0.1) is 0 Å². The van der Waals surface area contributed by atoms with E-state index < -0.39 is 0 Å². The number of nitrogens with one attached hydrogen (secondary N) is 1. The monoisotopic (exact) mass is 227 g/mol. The van der Waals surface area contributed by atoms with Crippen LogP contribution in [0.5, 0.6) is 0 Å². The second-order valence-electron chi connectivity index (χ2n) is 4.47. The predicted molar refractivity (Wildman–Crippen MR) is 61.4 cm³/mol. The molecule has 5 nitrogen and oxygen atoms in total. The van der Waals surface area contributed by atoms with E-state index in [-0.39, 0.29) is 6.03 Å². The molecule has 2 fully saturated rings. The van der Waals surface area contributed by atoms with Crippen LogP contribution in [0.1, 0.15) is 12.8 Å². The van der Waals surface area contributed by atoms with Crippen molar-refractivity contribution in [3.8, 4) is 0 Å². The van der Waals surface area contributed by atoms with Crippen molar-refractivity contribution in [1.82, 2.24) is 15.1 Å². The minimum Gasteiger partial charge on any atom is -0.378 e. The topological polar surface area (TPSA) is 44.8 Å². The zero-order valence-electron chi connectivity index (χ0n) is 9.95. The highest BCUT2D eigenvalue weighted by Gasteiger charge is 2.26. The molecule has 0 saturated carbocycles. The normalized spacial score (nSPS) is 23.2. The third-order valence-electron chi connectivity index (χ3n) is 3.44. The standard InChI is InChI=1S/C11H21N3O2/c1-13(10-2-4-12-5-3-10)11(15)14-6-8-16-9-7-14/h10,12H,2-9H2,1H3. The molecule has 0 aromatic carbocycles. The smallest absolute Gasteiger partial charge is 0.320 e. The van der Waals surface area contributed by atoms with Crippen LogP contribution < -0.4 is 5.32 Å². The first kappa shape index (κ1) is 11.7. The van der Waals surface area contributed by atoms with Crippen molar-refractivity contribution >= 4 is 6.03 Å². The van der Waals surface area contributed by atoms with Gasteiger partial charge in [0.05, 0.1) is 13.2 Å². The molecule has 0 atom stereocenters. The number of hydrogen-bond donors (Lipinski definition) is 1. The Hall–Kier alpha value is -0.810. The Morgan fingerprint density at radius 2 is 1.94 bits per heavy atom. The van der Waals surface area contributed by atoms with E-state index in [9.17, 15) is 4.79 Å². The van der Waals surface area contributed by atoms with Crippen LogP contribution in [0.4, 0.5) is 4.79 Å². The molecule has 2 aliphatic heterocycles. The van der Waals surface area contributed by atoms with Crippen LogP contribution in [0.2, 0.25) is 0 Å². The van der Waals surface area contributed by atoms with Crippen molar-refractivity contribution in [2.45, 2.75) is 18.9 Å². The summed E-state index contributed by atoms with van der Waals surface area (Å²) in [6.07, 6.45) is 2.12. The van der Waals surface area contributed by atoms with E-state index in [2.05, 4.69) is 5.32 Å². The molecule has 0 aromatic heterocycles.